The third-order valence-corrected chi connectivity index (χ3v) is 13.6. The lowest BCUT2D eigenvalue weighted by Crippen LogP contribution is -2.70. The van der Waals surface area contributed by atoms with E-state index in [9.17, 15) is 26.4 Å². The van der Waals surface area contributed by atoms with Crippen LogP contribution in [0.4, 0.5) is 16.2 Å². The van der Waals surface area contributed by atoms with Gasteiger partial charge >= 0.3 is 6.09 Å². The van der Waals surface area contributed by atoms with Crippen LogP contribution >= 0.6 is 0 Å². The number of benzene rings is 2. The van der Waals surface area contributed by atoms with E-state index in [2.05, 4.69) is 10.2 Å². The van der Waals surface area contributed by atoms with E-state index in [-0.39, 0.29) is 34.3 Å². The Morgan fingerprint density at radius 2 is 1.53 bits per heavy atom. The highest BCUT2D eigenvalue weighted by Crippen LogP contribution is 2.40. The van der Waals surface area contributed by atoms with Crippen molar-refractivity contribution in [1.29, 1.82) is 0 Å². The second-order valence-electron chi connectivity index (χ2n) is 15.1. The van der Waals surface area contributed by atoms with Crippen LogP contribution in [0, 0.1) is 11.8 Å². The van der Waals surface area contributed by atoms with Crippen LogP contribution in [0.1, 0.15) is 75.2 Å². The average molecular weight is 716 g/mol. The highest BCUT2D eigenvalue weighted by atomic mass is 32.2. The summed E-state index contributed by atoms with van der Waals surface area (Å²) in [7, 11) is -5.92. The van der Waals surface area contributed by atoms with Crippen LogP contribution in [-0.4, -0.2) is 100 Å². The molecule has 1 aliphatic carbocycles. The van der Waals surface area contributed by atoms with Crippen LogP contribution in [0.5, 0.6) is 0 Å². The summed E-state index contributed by atoms with van der Waals surface area (Å²) < 4.78 is 60.0. The fourth-order valence-electron chi connectivity index (χ4n) is 7.57. The first-order valence-electron chi connectivity index (χ1n) is 17.2. The maximum absolute atomic E-state index is 13.7. The summed E-state index contributed by atoms with van der Waals surface area (Å²) in [6, 6.07) is 11.4. The third kappa shape index (κ3) is 7.77. The molecule has 12 nitrogen and oxygen atoms in total. The number of fused-ring (bicyclic) bond motifs is 2. The van der Waals surface area contributed by atoms with Crippen molar-refractivity contribution in [1.82, 2.24) is 14.1 Å². The number of nitrogens with one attached hydrogen (secondary N) is 1. The number of carbonyl (C=O) groups is 2. The Bertz CT molecular complexity index is 1770. The molecule has 7 rings (SSSR count). The molecule has 14 heteroatoms. The molecule has 1 saturated carbocycles. The Kier molecular flexibility index (Phi) is 9.81. The number of sulfonamides is 2. The third-order valence-electron chi connectivity index (χ3n) is 10.5. The fourth-order valence-corrected chi connectivity index (χ4v) is 9.56. The van der Waals surface area contributed by atoms with Crippen molar-refractivity contribution in [2.45, 2.75) is 88.4 Å². The second kappa shape index (κ2) is 13.5. The number of piperidine rings is 2. The zero-order valence-electron chi connectivity index (χ0n) is 29.1. The minimum atomic E-state index is -3.67. The summed E-state index contributed by atoms with van der Waals surface area (Å²) >= 11 is 0. The van der Waals surface area contributed by atoms with Gasteiger partial charge in [-0.1, -0.05) is 25.3 Å². The van der Waals surface area contributed by atoms with E-state index in [0.717, 1.165) is 41.3 Å². The molecular formula is C35H49N5O7S2. The van der Waals surface area contributed by atoms with Gasteiger partial charge in [-0.15, -0.1) is 0 Å². The molecule has 4 aliphatic heterocycles. The second-order valence-corrected chi connectivity index (χ2v) is 19.1. The summed E-state index contributed by atoms with van der Waals surface area (Å²) in [4.78, 5) is 30.6. The minimum absolute atomic E-state index is 0.0537. The predicted molar refractivity (Wildman–Crippen MR) is 188 cm³/mol. The molecule has 4 heterocycles. The largest absolute Gasteiger partial charge is 0.444 e. The van der Waals surface area contributed by atoms with Crippen LogP contribution in [0.3, 0.4) is 0 Å². The molecule has 5 fully saturated rings. The van der Waals surface area contributed by atoms with Gasteiger partial charge in [0.1, 0.15) is 5.60 Å². The summed E-state index contributed by atoms with van der Waals surface area (Å²) in [5.74, 6) is 0.847. The maximum atomic E-state index is 13.7. The van der Waals surface area contributed by atoms with E-state index < -0.39 is 31.6 Å². The van der Waals surface area contributed by atoms with Gasteiger partial charge in [0.05, 0.1) is 34.5 Å². The van der Waals surface area contributed by atoms with Gasteiger partial charge in [-0.3, -0.25) is 18.9 Å². The maximum Gasteiger partial charge on any atom is 0.410 e. The Morgan fingerprint density at radius 3 is 2.08 bits per heavy atom. The predicted octanol–water partition coefficient (Wildman–Crippen LogP) is 4.73. The number of ether oxygens (including phenoxy) is 1. The molecule has 2 aromatic carbocycles. The molecule has 4 saturated heterocycles. The number of rotatable bonds is 9. The van der Waals surface area contributed by atoms with Crippen LogP contribution in [0.25, 0.3) is 0 Å². The van der Waals surface area contributed by atoms with E-state index in [4.69, 9.17) is 4.74 Å². The van der Waals surface area contributed by atoms with Crippen molar-refractivity contribution in [2.75, 3.05) is 49.1 Å². The van der Waals surface area contributed by atoms with Crippen molar-refractivity contribution in [2.24, 2.45) is 11.8 Å². The molecule has 2 atom stereocenters. The molecule has 2 amide bonds. The lowest BCUT2D eigenvalue weighted by Gasteiger charge is -2.55. The van der Waals surface area contributed by atoms with Crippen molar-refractivity contribution >= 4 is 43.4 Å². The molecule has 0 spiro atoms. The molecule has 2 aromatic rings. The molecule has 1 N–H and O–H groups in total. The molecule has 2 unspecified atom stereocenters. The van der Waals surface area contributed by atoms with Gasteiger partial charge in [0, 0.05) is 45.5 Å². The van der Waals surface area contributed by atoms with Gasteiger partial charge in [0.2, 0.25) is 20.0 Å². The lowest BCUT2D eigenvalue weighted by atomic mass is 9.72. The van der Waals surface area contributed by atoms with E-state index in [1.54, 1.807) is 28.6 Å². The molecule has 2 bridgehead atoms. The Hall–Kier alpha value is -3.20. The number of hydrogen-bond donors (Lipinski definition) is 1. The zero-order valence-corrected chi connectivity index (χ0v) is 30.7. The molecule has 5 aliphatic rings. The van der Waals surface area contributed by atoms with Gasteiger partial charge in [0.15, 0.2) is 0 Å². The Morgan fingerprint density at radius 1 is 0.918 bits per heavy atom. The van der Waals surface area contributed by atoms with Gasteiger partial charge in [-0.25, -0.2) is 21.6 Å². The smallest absolute Gasteiger partial charge is 0.410 e. The minimum Gasteiger partial charge on any atom is -0.444 e. The van der Waals surface area contributed by atoms with Crippen LogP contribution in [0.15, 0.2) is 47.4 Å². The van der Waals surface area contributed by atoms with Crippen molar-refractivity contribution in [3.05, 3.63) is 53.6 Å². The first kappa shape index (κ1) is 35.6. The molecule has 49 heavy (non-hydrogen) atoms. The topological polar surface area (TPSA) is 137 Å². The highest BCUT2D eigenvalue weighted by Gasteiger charge is 2.48. The number of amides is 2. The number of hydrogen-bond acceptors (Lipinski definition) is 8. The summed E-state index contributed by atoms with van der Waals surface area (Å²) in [6.07, 6.45) is 7.29. The van der Waals surface area contributed by atoms with Crippen LogP contribution in [0.2, 0.25) is 0 Å². The lowest BCUT2D eigenvalue weighted by molar-refractivity contribution is -0.0782. The monoisotopic (exact) mass is 715 g/mol. The first-order chi connectivity index (χ1) is 23.0. The average Bonchev–Trinajstić information content (AvgIpc) is 2.99. The number of carbonyl (C=O) groups excluding carboxylic acids is 2. The van der Waals surface area contributed by atoms with E-state index in [1.165, 1.54) is 38.4 Å². The molecular weight excluding hydrogens is 667 g/mol. The molecule has 268 valence electrons. The van der Waals surface area contributed by atoms with E-state index >= 15 is 0 Å². The summed E-state index contributed by atoms with van der Waals surface area (Å²) in [5.41, 5.74) is 1.05. The highest BCUT2D eigenvalue weighted by molar-refractivity contribution is 7.92. The van der Waals surface area contributed by atoms with E-state index in [1.807, 2.05) is 31.7 Å². The molecule has 0 aromatic heterocycles. The quantitative estimate of drug-likeness (QED) is 0.394. The Balaban J connectivity index is 1.13. The van der Waals surface area contributed by atoms with Crippen molar-refractivity contribution < 1.29 is 31.2 Å². The van der Waals surface area contributed by atoms with Crippen molar-refractivity contribution in [3.63, 3.8) is 0 Å². The fraction of sp³-hybridized carbons (Fsp3) is 0.600. The normalized spacial score (nSPS) is 22.6. The first-order valence-corrected chi connectivity index (χ1v) is 20.5. The Labute approximate surface area is 290 Å². The SMILES string of the molecule is CN(c1ccc(CN2CC3CC(C2)N3C(=O)OC(C)(C)C)cc1C(=O)Nc1ccc(S(=O)(=O)N2CCC(C3CCC3)CC2)cc1)S(C)(=O)=O. The summed E-state index contributed by atoms with van der Waals surface area (Å²) in [5, 5.41) is 2.84. The summed E-state index contributed by atoms with van der Waals surface area (Å²) in [6.45, 7) is 8.45. The number of nitrogens with zero attached hydrogens (tertiary/aromatic N) is 4. The number of anilines is 2. The standard InChI is InChI=1S/C35H49N5O7S2/c1-35(2,3)47-34(42)40-28-20-29(40)23-38(22-28)21-24-9-14-32(37(4)48(5,43)44)31(19-24)33(41)36-27-10-12-30(13-11-27)49(45,46)39-17-15-26(16-18-39)25-7-6-8-25/h9-14,19,25-26,28-29H,6-8,15-18,20-23H2,1-5H3,(H,36,41). The molecule has 0 radical (unpaired) electrons. The van der Waals surface area contributed by atoms with Crippen LogP contribution in [-0.2, 0) is 31.3 Å². The van der Waals surface area contributed by atoms with Crippen LogP contribution < -0.4 is 9.62 Å². The number of piperazine rings is 1. The van der Waals surface area contributed by atoms with Gasteiger partial charge in [-0.05, 0) is 93.8 Å². The van der Waals surface area contributed by atoms with Gasteiger partial charge < -0.3 is 10.1 Å². The van der Waals surface area contributed by atoms with E-state index in [0.29, 0.717) is 44.3 Å². The van der Waals surface area contributed by atoms with Gasteiger partial charge in [-0.2, -0.15) is 4.31 Å². The van der Waals surface area contributed by atoms with Crippen molar-refractivity contribution in [3.8, 4) is 0 Å². The zero-order chi connectivity index (χ0) is 35.3. The van der Waals surface area contributed by atoms with Gasteiger partial charge in [0.25, 0.3) is 5.91 Å².